The van der Waals surface area contributed by atoms with Crippen LogP contribution in [0.3, 0.4) is 0 Å². The van der Waals surface area contributed by atoms with Crippen molar-refractivity contribution in [3.05, 3.63) is 54.4 Å². The number of thioether (sulfide) groups is 1. The Bertz CT molecular complexity index is 974. The van der Waals surface area contributed by atoms with Crippen LogP contribution >= 0.6 is 11.8 Å². The first-order valence-electron chi connectivity index (χ1n) is 8.69. The van der Waals surface area contributed by atoms with Crippen molar-refractivity contribution in [3.8, 4) is 17.2 Å². The molecule has 1 heterocycles. The summed E-state index contributed by atoms with van der Waals surface area (Å²) in [7, 11) is 3.19. The zero-order chi connectivity index (χ0) is 20.1. The van der Waals surface area contributed by atoms with Crippen LogP contribution in [0.25, 0.3) is 5.69 Å². The second kappa shape index (κ2) is 8.79. The van der Waals surface area contributed by atoms with Crippen LogP contribution < -0.4 is 14.8 Å². The second-order valence-corrected chi connectivity index (χ2v) is 7.42. The number of para-hydroxylation sites is 2. The van der Waals surface area contributed by atoms with E-state index in [1.54, 1.807) is 25.1 Å². The Hall–Kier alpha value is -3.00. The third kappa shape index (κ3) is 4.28. The molecule has 8 heteroatoms. The molecule has 146 valence electrons. The van der Waals surface area contributed by atoms with Gasteiger partial charge in [-0.05, 0) is 43.7 Å². The lowest BCUT2D eigenvalue weighted by Gasteiger charge is -2.15. The molecule has 0 radical (unpaired) electrons. The predicted molar refractivity (Wildman–Crippen MR) is 110 cm³/mol. The standard InChI is InChI=1S/C20H22N4O3S/c1-13-9-10-17(26-3)15(11-13)22-19(25)14(2)28-20-23-21-12-24(20)16-7-5-6-8-18(16)27-4/h5-12,14H,1-4H3,(H,22,25). The number of hydrogen-bond acceptors (Lipinski definition) is 6. The number of anilines is 1. The Labute approximate surface area is 168 Å². The third-order valence-corrected chi connectivity index (χ3v) is 5.18. The topological polar surface area (TPSA) is 78.3 Å². The summed E-state index contributed by atoms with van der Waals surface area (Å²) >= 11 is 1.32. The van der Waals surface area contributed by atoms with Crippen LogP contribution in [0.2, 0.25) is 0 Å². The Morgan fingerprint density at radius 1 is 1.14 bits per heavy atom. The molecule has 3 rings (SSSR count). The van der Waals surface area contributed by atoms with Gasteiger partial charge in [-0.15, -0.1) is 10.2 Å². The van der Waals surface area contributed by atoms with Crippen LogP contribution in [0.15, 0.2) is 53.9 Å². The fraction of sp³-hybridized carbons (Fsp3) is 0.250. The fourth-order valence-corrected chi connectivity index (χ4v) is 3.50. The summed E-state index contributed by atoms with van der Waals surface area (Å²) in [5, 5.41) is 11.3. The van der Waals surface area contributed by atoms with Gasteiger partial charge in [-0.2, -0.15) is 0 Å². The summed E-state index contributed by atoms with van der Waals surface area (Å²) < 4.78 is 12.5. The maximum atomic E-state index is 12.7. The average molecular weight is 398 g/mol. The Kier molecular flexibility index (Phi) is 6.20. The molecule has 0 aliphatic heterocycles. The Balaban J connectivity index is 1.77. The number of hydrogen-bond donors (Lipinski definition) is 1. The molecule has 0 aliphatic carbocycles. The highest BCUT2D eigenvalue weighted by molar-refractivity contribution is 8.00. The first-order chi connectivity index (χ1) is 13.5. The van der Waals surface area contributed by atoms with E-state index in [0.29, 0.717) is 22.3 Å². The van der Waals surface area contributed by atoms with Gasteiger partial charge in [0.25, 0.3) is 0 Å². The first-order valence-corrected chi connectivity index (χ1v) is 9.57. The maximum Gasteiger partial charge on any atom is 0.237 e. The number of rotatable bonds is 7. The summed E-state index contributed by atoms with van der Waals surface area (Å²) in [6.45, 7) is 3.78. The zero-order valence-corrected chi connectivity index (χ0v) is 17.0. The summed E-state index contributed by atoms with van der Waals surface area (Å²) in [6, 6.07) is 13.2. The lowest BCUT2D eigenvalue weighted by Crippen LogP contribution is -2.23. The van der Waals surface area contributed by atoms with Gasteiger partial charge in [-0.1, -0.05) is 30.0 Å². The van der Waals surface area contributed by atoms with Crippen LogP contribution in [-0.4, -0.2) is 40.1 Å². The molecule has 7 nitrogen and oxygen atoms in total. The SMILES string of the molecule is COc1ccc(C)cc1NC(=O)C(C)Sc1nncn1-c1ccccc1OC. The number of aryl methyl sites for hydroxylation is 1. The monoisotopic (exact) mass is 398 g/mol. The van der Waals surface area contributed by atoms with Gasteiger partial charge in [0.1, 0.15) is 17.8 Å². The summed E-state index contributed by atoms with van der Waals surface area (Å²) in [6.07, 6.45) is 1.61. The van der Waals surface area contributed by atoms with Crippen molar-refractivity contribution in [3.63, 3.8) is 0 Å². The number of nitrogens with one attached hydrogen (secondary N) is 1. The number of methoxy groups -OCH3 is 2. The minimum Gasteiger partial charge on any atom is -0.495 e. The molecule has 1 atom stereocenters. The Morgan fingerprint density at radius 2 is 1.89 bits per heavy atom. The largest absolute Gasteiger partial charge is 0.495 e. The number of carbonyl (C=O) groups excluding carboxylic acids is 1. The number of aromatic nitrogens is 3. The smallest absolute Gasteiger partial charge is 0.237 e. The summed E-state index contributed by atoms with van der Waals surface area (Å²) in [4.78, 5) is 12.7. The van der Waals surface area contributed by atoms with E-state index in [9.17, 15) is 4.79 Å². The van der Waals surface area contributed by atoms with Gasteiger partial charge in [0, 0.05) is 0 Å². The molecule has 1 amide bonds. The Morgan fingerprint density at radius 3 is 2.64 bits per heavy atom. The molecule has 0 saturated heterocycles. The quantitative estimate of drug-likeness (QED) is 0.611. The lowest BCUT2D eigenvalue weighted by molar-refractivity contribution is -0.115. The molecule has 1 aromatic heterocycles. The van der Waals surface area contributed by atoms with Crippen LogP contribution in [0.1, 0.15) is 12.5 Å². The van der Waals surface area contributed by atoms with Crippen molar-refractivity contribution in [1.82, 2.24) is 14.8 Å². The first kappa shape index (κ1) is 19.8. The minimum absolute atomic E-state index is 0.150. The maximum absolute atomic E-state index is 12.7. The number of amides is 1. The molecule has 3 aromatic rings. The van der Waals surface area contributed by atoms with E-state index in [1.165, 1.54) is 11.8 Å². The van der Waals surface area contributed by atoms with Crippen LogP contribution in [0, 0.1) is 6.92 Å². The molecule has 0 aliphatic rings. The zero-order valence-electron chi connectivity index (χ0n) is 16.2. The van der Waals surface area contributed by atoms with Gasteiger partial charge >= 0.3 is 0 Å². The van der Waals surface area contributed by atoms with Crippen LogP contribution in [-0.2, 0) is 4.79 Å². The molecule has 0 spiro atoms. The normalized spacial score (nSPS) is 11.7. The predicted octanol–water partition coefficient (Wildman–Crippen LogP) is 3.71. The summed E-state index contributed by atoms with van der Waals surface area (Å²) in [5.41, 5.74) is 2.49. The molecule has 28 heavy (non-hydrogen) atoms. The van der Waals surface area contributed by atoms with Crippen molar-refractivity contribution < 1.29 is 14.3 Å². The number of carbonyl (C=O) groups is 1. The van der Waals surface area contributed by atoms with Gasteiger partial charge in [0.05, 0.1) is 30.8 Å². The highest BCUT2D eigenvalue weighted by atomic mass is 32.2. The van der Waals surface area contributed by atoms with E-state index in [4.69, 9.17) is 9.47 Å². The molecule has 0 fully saturated rings. The molecular formula is C20H22N4O3S. The minimum atomic E-state index is -0.400. The average Bonchev–Trinajstić information content (AvgIpc) is 3.16. The molecule has 0 bridgehead atoms. The second-order valence-electron chi connectivity index (χ2n) is 6.11. The van der Waals surface area contributed by atoms with Crippen molar-refractivity contribution in [2.24, 2.45) is 0 Å². The molecular weight excluding hydrogens is 376 g/mol. The number of benzene rings is 2. The molecule has 0 saturated carbocycles. The van der Waals surface area contributed by atoms with Gasteiger partial charge < -0.3 is 14.8 Å². The van der Waals surface area contributed by atoms with Crippen molar-refractivity contribution >= 4 is 23.4 Å². The third-order valence-electron chi connectivity index (χ3n) is 4.13. The van der Waals surface area contributed by atoms with Gasteiger partial charge in [0.2, 0.25) is 5.91 Å². The van der Waals surface area contributed by atoms with Gasteiger partial charge in [-0.3, -0.25) is 9.36 Å². The molecule has 1 unspecified atom stereocenters. The lowest BCUT2D eigenvalue weighted by atomic mass is 10.2. The van der Waals surface area contributed by atoms with Crippen LogP contribution in [0.4, 0.5) is 5.69 Å². The fourth-order valence-electron chi connectivity index (χ4n) is 2.66. The number of ether oxygens (including phenoxy) is 2. The number of nitrogens with zero attached hydrogens (tertiary/aromatic N) is 3. The van der Waals surface area contributed by atoms with E-state index < -0.39 is 5.25 Å². The van der Waals surface area contributed by atoms with E-state index in [-0.39, 0.29) is 5.91 Å². The van der Waals surface area contributed by atoms with E-state index >= 15 is 0 Å². The van der Waals surface area contributed by atoms with Crippen LogP contribution in [0.5, 0.6) is 11.5 Å². The van der Waals surface area contributed by atoms with Crippen molar-refractivity contribution in [1.29, 1.82) is 0 Å². The van der Waals surface area contributed by atoms with E-state index in [0.717, 1.165) is 11.3 Å². The van der Waals surface area contributed by atoms with Gasteiger partial charge in [0.15, 0.2) is 5.16 Å². The summed E-state index contributed by atoms with van der Waals surface area (Å²) in [5.74, 6) is 1.17. The van der Waals surface area contributed by atoms with Crippen molar-refractivity contribution in [2.45, 2.75) is 24.3 Å². The van der Waals surface area contributed by atoms with Crippen molar-refractivity contribution in [2.75, 3.05) is 19.5 Å². The molecule has 2 aromatic carbocycles. The molecule has 1 N–H and O–H groups in total. The highest BCUT2D eigenvalue weighted by Gasteiger charge is 2.20. The van der Waals surface area contributed by atoms with Gasteiger partial charge in [-0.25, -0.2) is 0 Å². The highest BCUT2D eigenvalue weighted by Crippen LogP contribution is 2.30. The van der Waals surface area contributed by atoms with E-state index in [2.05, 4.69) is 15.5 Å². The van der Waals surface area contributed by atoms with E-state index in [1.807, 2.05) is 56.3 Å².